The van der Waals surface area contributed by atoms with Crippen LogP contribution in [-0.2, 0) is 6.42 Å². The highest BCUT2D eigenvalue weighted by atomic mass is 16.4. The van der Waals surface area contributed by atoms with E-state index in [1.807, 2.05) is 24.3 Å². The summed E-state index contributed by atoms with van der Waals surface area (Å²) in [5, 5.41) is 8.91. The first kappa shape index (κ1) is 13.4. The van der Waals surface area contributed by atoms with Gasteiger partial charge < -0.3 is 14.4 Å². The van der Waals surface area contributed by atoms with E-state index in [-0.39, 0.29) is 17.2 Å². The first-order chi connectivity index (χ1) is 10.1. The summed E-state index contributed by atoms with van der Waals surface area (Å²) in [4.78, 5) is 25.1. The fourth-order valence-electron chi connectivity index (χ4n) is 2.68. The molecule has 2 aromatic rings. The number of benzene rings is 1. The normalized spacial score (nSPS) is 17.4. The summed E-state index contributed by atoms with van der Waals surface area (Å²) in [6.07, 6.45) is 2.02. The van der Waals surface area contributed by atoms with Crippen LogP contribution in [0.1, 0.15) is 33.4 Å². The average Bonchev–Trinajstić information content (AvgIpc) is 2.95. The standard InChI is InChI=1S/C16H15NO4/c1-10-6-11-4-2-3-5-13(11)17(8-10)15(18)14-7-12(9-21-14)16(19)20/h2-5,7,9-10H,6,8H2,1H3,(H,19,20). The average molecular weight is 285 g/mol. The van der Waals surface area contributed by atoms with E-state index in [0.29, 0.717) is 12.5 Å². The monoisotopic (exact) mass is 285 g/mol. The van der Waals surface area contributed by atoms with E-state index < -0.39 is 5.97 Å². The Balaban J connectivity index is 1.95. The molecule has 0 fully saturated rings. The van der Waals surface area contributed by atoms with Crippen molar-refractivity contribution < 1.29 is 19.1 Å². The molecule has 5 nitrogen and oxygen atoms in total. The van der Waals surface area contributed by atoms with Crippen molar-refractivity contribution in [2.75, 3.05) is 11.4 Å². The number of hydrogen-bond donors (Lipinski definition) is 1. The summed E-state index contributed by atoms with van der Waals surface area (Å²) in [5.74, 6) is -1.01. The molecule has 2 heterocycles. The van der Waals surface area contributed by atoms with Gasteiger partial charge in [-0.2, -0.15) is 0 Å². The second kappa shape index (κ2) is 5.09. The third-order valence-electron chi connectivity index (χ3n) is 3.65. The van der Waals surface area contributed by atoms with Crippen molar-refractivity contribution in [1.29, 1.82) is 0 Å². The van der Waals surface area contributed by atoms with E-state index in [1.54, 1.807) is 4.90 Å². The molecular formula is C16H15NO4. The first-order valence-corrected chi connectivity index (χ1v) is 6.78. The molecule has 0 radical (unpaired) electrons. The Labute approximate surface area is 121 Å². The lowest BCUT2D eigenvalue weighted by Crippen LogP contribution is -2.39. The summed E-state index contributed by atoms with van der Waals surface area (Å²) in [6, 6.07) is 9.03. The van der Waals surface area contributed by atoms with Gasteiger partial charge in [-0.25, -0.2) is 4.79 Å². The number of fused-ring (bicyclic) bond motifs is 1. The second-order valence-corrected chi connectivity index (χ2v) is 5.36. The van der Waals surface area contributed by atoms with Crippen LogP contribution in [0.15, 0.2) is 41.0 Å². The van der Waals surface area contributed by atoms with Crippen LogP contribution in [0, 0.1) is 5.92 Å². The number of carbonyl (C=O) groups is 2. The van der Waals surface area contributed by atoms with E-state index in [4.69, 9.17) is 9.52 Å². The van der Waals surface area contributed by atoms with Crippen molar-refractivity contribution in [3.63, 3.8) is 0 Å². The minimum Gasteiger partial charge on any atom is -0.478 e. The smallest absolute Gasteiger partial charge is 0.338 e. The molecule has 5 heteroatoms. The van der Waals surface area contributed by atoms with Crippen molar-refractivity contribution in [1.82, 2.24) is 0 Å². The number of furan rings is 1. The number of aromatic carboxylic acids is 1. The summed E-state index contributed by atoms with van der Waals surface area (Å²) < 4.78 is 5.12. The number of rotatable bonds is 2. The van der Waals surface area contributed by atoms with Gasteiger partial charge in [-0.1, -0.05) is 25.1 Å². The molecule has 1 aromatic carbocycles. The van der Waals surface area contributed by atoms with Gasteiger partial charge in [0.05, 0.1) is 5.56 Å². The minimum atomic E-state index is -1.11. The van der Waals surface area contributed by atoms with Crippen LogP contribution in [-0.4, -0.2) is 23.5 Å². The van der Waals surface area contributed by atoms with Crippen molar-refractivity contribution in [3.8, 4) is 0 Å². The van der Waals surface area contributed by atoms with E-state index in [2.05, 4.69) is 6.92 Å². The molecule has 0 bridgehead atoms. The highest BCUT2D eigenvalue weighted by molar-refractivity contribution is 6.06. The van der Waals surface area contributed by atoms with E-state index in [0.717, 1.165) is 23.9 Å². The van der Waals surface area contributed by atoms with Crippen molar-refractivity contribution >= 4 is 17.6 Å². The third-order valence-corrected chi connectivity index (χ3v) is 3.65. The van der Waals surface area contributed by atoms with Gasteiger partial charge in [-0.05, 0) is 24.0 Å². The number of carboxylic acid groups (broad SMARTS) is 1. The summed E-state index contributed by atoms with van der Waals surface area (Å²) in [7, 11) is 0. The zero-order chi connectivity index (χ0) is 15.0. The van der Waals surface area contributed by atoms with Crippen molar-refractivity contribution in [3.05, 3.63) is 53.5 Å². The fraction of sp³-hybridized carbons (Fsp3) is 0.250. The molecule has 1 aliphatic rings. The van der Waals surface area contributed by atoms with E-state index >= 15 is 0 Å². The van der Waals surface area contributed by atoms with Gasteiger partial charge in [0.2, 0.25) is 0 Å². The predicted molar refractivity (Wildman–Crippen MR) is 76.7 cm³/mol. The van der Waals surface area contributed by atoms with Crippen LogP contribution in [0.2, 0.25) is 0 Å². The zero-order valence-electron chi connectivity index (χ0n) is 11.6. The molecule has 0 saturated heterocycles. The molecule has 1 atom stereocenters. The lowest BCUT2D eigenvalue weighted by Gasteiger charge is -2.32. The Morgan fingerprint density at radius 2 is 2.10 bits per heavy atom. The number of carboxylic acids is 1. The molecule has 3 rings (SSSR count). The highest BCUT2D eigenvalue weighted by Crippen LogP contribution is 2.30. The largest absolute Gasteiger partial charge is 0.478 e. The topological polar surface area (TPSA) is 70.8 Å². The fourth-order valence-corrected chi connectivity index (χ4v) is 2.68. The number of anilines is 1. The van der Waals surface area contributed by atoms with Crippen LogP contribution in [0.4, 0.5) is 5.69 Å². The number of nitrogens with zero attached hydrogens (tertiary/aromatic N) is 1. The molecule has 0 saturated carbocycles. The summed E-state index contributed by atoms with van der Waals surface area (Å²) in [6.45, 7) is 2.68. The Hall–Kier alpha value is -2.56. The van der Waals surface area contributed by atoms with E-state index in [1.165, 1.54) is 6.07 Å². The highest BCUT2D eigenvalue weighted by Gasteiger charge is 2.29. The third kappa shape index (κ3) is 2.42. The second-order valence-electron chi connectivity index (χ2n) is 5.36. The summed E-state index contributed by atoms with van der Waals surface area (Å²) >= 11 is 0. The Morgan fingerprint density at radius 3 is 2.81 bits per heavy atom. The van der Waals surface area contributed by atoms with Gasteiger partial charge >= 0.3 is 5.97 Å². The predicted octanol–water partition coefficient (Wildman–Crippen LogP) is 2.82. The van der Waals surface area contributed by atoms with Gasteiger partial charge in [0.25, 0.3) is 5.91 Å². The summed E-state index contributed by atoms with van der Waals surface area (Å²) in [5.41, 5.74) is 1.97. The van der Waals surface area contributed by atoms with Crippen LogP contribution in [0.25, 0.3) is 0 Å². The molecule has 1 unspecified atom stereocenters. The van der Waals surface area contributed by atoms with Crippen molar-refractivity contribution in [2.24, 2.45) is 5.92 Å². The lowest BCUT2D eigenvalue weighted by atomic mass is 9.94. The van der Waals surface area contributed by atoms with Gasteiger partial charge in [0.15, 0.2) is 5.76 Å². The number of para-hydroxylation sites is 1. The van der Waals surface area contributed by atoms with E-state index in [9.17, 15) is 9.59 Å². The maximum atomic E-state index is 12.6. The van der Waals surface area contributed by atoms with Crippen LogP contribution in [0.3, 0.4) is 0 Å². The van der Waals surface area contributed by atoms with Gasteiger partial charge in [-0.3, -0.25) is 4.79 Å². The lowest BCUT2D eigenvalue weighted by molar-refractivity contribution is 0.0696. The molecule has 1 amide bonds. The molecular weight excluding hydrogens is 270 g/mol. The number of amides is 1. The van der Waals surface area contributed by atoms with Crippen molar-refractivity contribution in [2.45, 2.75) is 13.3 Å². The molecule has 0 aliphatic carbocycles. The Kier molecular flexibility index (Phi) is 3.25. The Bertz CT molecular complexity index is 704. The molecule has 1 aliphatic heterocycles. The molecule has 1 aromatic heterocycles. The first-order valence-electron chi connectivity index (χ1n) is 6.78. The molecule has 108 valence electrons. The van der Waals surface area contributed by atoms with Gasteiger partial charge in [-0.15, -0.1) is 0 Å². The van der Waals surface area contributed by atoms with Crippen LogP contribution < -0.4 is 4.90 Å². The zero-order valence-corrected chi connectivity index (χ0v) is 11.6. The number of carbonyl (C=O) groups excluding carboxylic acids is 1. The molecule has 21 heavy (non-hydrogen) atoms. The van der Waals surface area contributed by atoms with Gasteiger partial charge in [0.1, 0.15) is 6.26 Å². The molecule has 0 spiro atoms. The maximum Gasteiger partial charge on any atom is 0.338 e. The van der Waals surface area contributed by atoms with Crippen LogP contribution in [0.5, 0.6) is 0 Å². The minimum absolute atomic E-state index is 0.0170. The number of hydrogen-bond acceptors (Lipinski definition) is 3. The molecule has 1 N–H and O–H groups in total. The SMILES string of the molecule is CC1Cc2ccccc2N(C(=O)c2cc(C(=O)O)co2)C1. The van der Waals surface area contributed by atoms with Gasteiger partial charge in [0, 0.05) is 18.3 Å². The van der Waals surface area contributed by atoms with Crippen LogP contribution >= 0.6 is 0 Å². The maximum absolute atomic E-state index is 12.6. The quantitative estimate of drug-likeness (QED) is 0.921. The Morgan fingerprint density at radius 1 is 1.33 bits per heavy atom.